The van der Waals surface area contributed by atoms with Gasteiger partial charge in [-0.15, -0.1) is 23.1 Å². The van der Waals surface area contributed by atoms with Crippen molar-refractivity contribution in [2.45, 2.75) is 10.9 Å². The van der Waals surface area contributed by atoms with Crippen LogP contribution in [0.5, 0.6) is 0 Å². The average molecular weight is 381 g/mol. The van der Waals surface area contributed by atoms with E-state index in [9.17, 15) is 9.18 Å². The molecule has 1 aliphatic rings. The van der Waals surface area contributed by atoms with Crippen LogP contribution in [0.4, 0.5) is 4.39 Å². The van der Waals surface area contributed by atoms with Gasteiger partial charge in [0, 0.05) is 29.4 Å². The van der Waals surface area contributed by atoms with E-state index in [2.05, 4.69) is 21.7 Å². The predicted molar refractivity (Wildman–Crippen MR) is 99.6 cm³/mol. The number of morpholine rings is 1. The minimum atomic E-state index is -0.287. The first kappa shape index (κ1) is 18.4. The van der Waals surface area contributed by atoms with Crippen molar-refractivity contribution in [2.24, 2.45) is 0 Å². The van der Waals surface area contributed by atoms with Crippen LogP contribution in [0.3, 0.4) is 0 Å². The first-order chi connectivity index (χ1) is 12.2. The minimum Gasteiger partial charge on any atom is -0.379 e. The van der Waals surface area contributed by atoms with Crippen LogP contribution in [0.2, 0.25) is 0 Å². The van der Waals surface area contributed by atoms with Gasteiger partial charge in [0.15, 0.2) is 0 Å². The lowest BCUT2D eigenvalue weighted by molar-refractivity contribution is -0.118. The van der Waals surface area contributed by atoms with Gasteiger partial charge in [-0.25, -0.2) is 4.39 Å². The van der Waals surface area contributed by atoms with Crippen molar-refractivity contribution in [3.05, 3.63) is 52.5 Å². The van der Waals surface area contributed by atoms with Crippen LogP contribution in [-0.2, 0) is 9.53 Å². The highest BCUT2D eigenvalue weighted by atomic mass is 32.2. The fourth-order valence-electron chi connectivity index (χ4n) is 2.75. The summed E-state index contributed by atoms with van der Waals surface area (Å²) in [6, 6.07) is 10.8. The number of thiophene rings is 1. The number of benzene rings is 1. The van der Waals surface area contributed by atoms with E-state index in [0.29, 0.717) is 11.4 Å². The fraction of sp³-hybridized carbons (Fsp3) is 0.389. The molecule has 0 saturated carbocycles. The highest BCUT2D eigenvalue weighted by Gasteiger charge is 2.23. The second-order valence-electron chi connectivity index (χ2n) is 5.70. The number of amides is 1. The van der Waals surface area contributed by atoms with Gasteiger partial charge in [-0.3, -0.25) is 9.69 Å². The normalized spacial score (nSPS) is 16.5. The molecular formula is C18H21FN2O2S2. The molecule has 1 amide bonds. The number of rotatable bonds is 7. The summed E-state index contributed by atoms with van der Waals surface area (Å²) < 4.78 is 19.0. The monoisotopic (exact) mass is 380 g/mol. The highest BCUT2D eigenvalue weighted by Crippen LogP contribution is 2.25. The maximum absolute atomic E-state index is 13.6. The fourth-order valence-corrected chi connectivity index (χ4v) is 4.38. The second-order valence-corrected chi connectivity index (χ2v) is 7.70. The smallest absolute Gasteiger partial charge is 0.230 e. The van der Waals surface area contributed by atoms with Gasteiger partial charge in [-0.05, 0) is 23.6 Å². The van der Waals surface area contributed by atoms with Crippen molar-refractivity contribution in [1.29, 1.82) is 0 Å². The van der Waals surface area contributed by atoms with E-state index in [0.717, 1.165) is 26.3 Å². The zero-order chi connectivity index (χ0) is 17.5. The molecule has 25 heavy (non-hydrogen) atoms. The van der Waals surface area contributed by atoms with E-state index in [-0.39, 0.29) is 23.5 Å². The Bertz CT molecular complexity index is 675. The Labute approximate surface area is 155 Å². The average Bonchev–Trinajstić information content (AvgIpc) is 3.16. The molecule has 1 atom stereocenters. The predicted octanol–water partition coefficient (Wildman–Crippen LogP) is 3.17. The molecule has 2 heterocycles. The number of thioether (sulfide) groups is 1. The van der Waals surface area contributed by atoms with Crippen molar-refractivity contribution >= 4 is 29.0 Å². The third kappa shape index (κ3) is 5.28. The Hall–Kier alpha value is -1.41. The summed E-state index contributed by atoms with van der Waals surface area (Å²) in [5.41, 5.74) is 0. The number of carbonyl (C=O) groups is 1. The van der Waals surface area contributed by atoms with Crippen molar-refractivity contribution < 1.29 is 13.9 Å². The Morgan fingerprint density at radius 2 is 2.08 bits per heavy atom. The Balaban J connectivity index is 1.53. The summed E-state index contributed by atoms with van der Waals surface area (Å²) >= 11 is 2.92. The molecule has 4 nitrogen and oxygen atoms in total. The molecule has 0 unspecified atom stereocenters. The van der Waals surface area contributed by atoms with Gasteiger partial charge in [-0.1, -0.05) is 18.2 Å². The van der Waals surface area contributed by atoms with Crippen molar-refractivity contribution in [3.63, 3.8) is 0 Å². The van der Waals surface area contributed by atoms with Gasteiger partial charge >= 0.3 is 0 Å². The van der Waals surface area contributed by atoms with Gasteiger partial charge in [-0.2, -0.15) is 0 Å². The van der Waals surface area contributed by atoms with Crippen LogP contribution >= 0.6 is 23.1 Å². The Morgan fingerprint density at radius 1 is 1.28 bits per heavy atom. The van der Waals surface area contributed by atoms with Crippen LogP contribution in [0, 0.1) is 5.82 Å². The number of nitrogens with zero attached hydrogens (tertiary/aromatic N) is 1. The standard InChI is InChI=1S/C18H21FN2O2S2/c19-14-4-1-2-5-16(14)25-13-18(22)20-12-15(17-6-3-11-24-17)21-7-9-23-10-8-21/h1-6,11,15H,7-10,12-13H2,(H,20,22)/t15-/m1/s1. The molecule has 134 valence electrons. The maximum Gasteiger partial charge on any atom is 0.230 e. The largest absolute Gasteiger partial charge is 0.379 e. The number of carbonyl (C=O) groups excluding carboxylic acids is 1. The molecule has 1 fully saturated rings. The van der Waals surface area contributed by atoms with Crippen LogP contribution in [0.25, 0.3) is 0 Å². The molecule has 0 bridgehead atoms. The van der Waals surface area contributed by atoms with Gasteiger partial charge < -0.3 is 10.1 Å². The highest BCUT2D eigenvalue weighted by molar-refractivity contribution is 8.00. The third-order valence-electron chi connectivity index (χ3n) is 4.05. The number of hydrogen-bond donors (Lipinski definition) is 1. The molecule has 7 heteroatoms. The van der Waals surface area contributed by atoms with Crippen LogP contribution in [0.1, 0.15) is 10.9 Å². The zero-order valence-corrected chi connectivity index (χ0v) is 15.5. The number of ether oxygens (including phenoxy) is 1. The molecule has 1 saturated heterocycles. The van der Waals surface area contributed by atoms with E-state index >= 15 is 0 Å². The molecule has 0 radical (unpaired) electrons. The lowest BCUT2D eigenvalue weighted by atomic mass is 10.2. The topological polar surface area (TPSA) is 41.6 Å². The van der Waals surface area contributed by atoms with Crippen LogP contribution in [-0.4, -0.2) is 49.4 Å². The lowest BCUT2D eigenvalue weighted by Crippen LogP contribution is -2.43. The van der Waals surface area contributed by atoms with Gasteiger partial charge in [0.25, 0.3) is 0 Å². The first-order valence-electron chi connectivity index (χ1n) is 8.23. The SMILES string of the molecule is O=C(CSc1ccccc1F)NC[C@H](c1cccs1)N1CCOCC1. The summed E-state index contributed by atoms with van der Waals surface area (Å²) in [7, 11) is 0. The number of nitrogens with one attached hydrogen (secondary N) is 1. The zero-order valence-electron chi connectivity index (χ0n) is 13.8. The van der Waals surface area contributed by atoms with E-state index in [1.54, 1.807) is 29.5 Å². The van der Waals surface area contributed by atoms with E-state index in [1.165, 1.54) is 22.7 Å². The molecule has 3 rings (SSSR count). The van der Waals surface area contributed by atoms with Crippen molar-refractivity contribution in [2.75, 3.05) is 38.6 Å². The summed E-state index contributed by atoms with van der Waals surface area (Å²) in [4.78, 5) is 16.3. The summed E-state index contributed by atoms with van der Waals surface area (Å²) in [6.07, 6.45) is 0. The summed E-state index contributed by atoms with van der Waals surface area (Å²) in [5.74, 6) is -0.158. The van der Waals surface area contributed by atoms with E-state index in [1.807, 2.05) is 6.07 Å². The van der Waals surface area contributed by atoms with Crippen LogP contribution < -0.4 is 5.32 Å². The molecule has 0 aliphatic carbocycles. The summed E-state index contributed by atoms with van der Waals surface area (Å²) in [5, 5.41) is 5.05. The van der Waals surface area contributed by atoms with E-state index in [4.69, 9.17) is 4.74 Å². The third-order valence-corrected chi connectivity index (χ3v) is 6.07. The molecular weight excluding hydrogens is 359 g/mol. The minimum absolute atomic E-state index is 0.0805. The van der Waals surface area contributed by atoms with Crippen molar-refractivity contribution in [1.82, 2.24) is 10.2 Å². The second kappa shape index (κ2) is 9.33. The molecule has 2 aromatic rings. The van der Waals surface area contributed by atoms with E-state index < -0.39 is 0 Å². The quantitative estimate of drug-likeness (QED) is 0.749. The van der Waals surface area contributed by atoms with Crippen LogP contribution in [0.15, 0.2) is 46.7 Å². The van der Waals surface area contributed by atoms with Gasteiger partial charge in [0.05, 0.1) is 25.0 Å². The molecule has 1 aromatic carbocycles. The maximum atomic E-state index is 13.6. The molecule has 1 aliphatic heterocycles. The summed E-state index contributed by atoms with van der Waals surface area (Å²) in [6.45, 7) is 3.72. The Kier molecular flexibility index (Phi) is 6.86. The first-order valence-corrected chi connectivity index (χ1v) is 10.1. The molecule has 1 aromatic heterocycles. The van der Waals surface area contributed by atoms with Gasteiger partial charge in [0.2, 0.25) is 5.91 Å². The van der Waals surface area contributed by atoms with Gasteiger partial charge in [0.1, 0.15) is 5.82 Å². The van der Waals surface area contributed by atoms with Crippen molar-refractivity contribution in [3.8, 4) is 0 Å². The molecule has 1 N–H and O–H groups in total. The lowest BCUT2D eigenvalue weighted by Gasteiger charge is -2.34. The molecule has 0 spiro atoms. The number of halogens is 1. The Morgan fingerprint density at radius 3 is 2.80 bits per heavy atom. The number of hydrogen-bond acceptors (Lipinski definition) is 5.